The second-order valence-electron chi connectivity index (χ2n) is 4.55. The van der Waals surface area contributed by atoms with Crippen molar-refractivity contribution in [2.75, 3.05) is 0 Å². The van der Waals surface area contributed by atoms with Crippen LogP contribution in [0.1, 0.15) is 58.0 Å². The molecule has 0 aliphatic carbocycles. The fraction of sp³-hybridized carbons (Fsp3) is 0.692. The minimum Gasteiger partial charge on any atom is -0.242 e. The lowest BCUT2D eigenvalue weighted by Gasteiger charge is -2.28. The summed E-state index contributed by atoms with van der Waals surface area (Å²) in [7, 11) is 0. The van der Waals surface area contributed by atoms with Gasteiger partial charge in [-0.3, -0.25) is 0 Å². The lowest BCUT2D eigenvalue weighted by molar-refractivity contribution is 0.380. The molecule has 1 rings (SSSR count). The molecule has 15 heavy (non-hydrogen) atoms. The smallest absolute Gasteiger partial charge is 0.125 e. The van der Waals surface area contributed by atoms with E-state index in [0.717, 1.165) is 5.82 Å². The first-order chi connectivity index (χ1) is 7.12. The van der Waals surface area contributed by atoms with E-state index in [0.29, 0.717) is 0 Å². The minimum atomic E-state index is 0.233. The number of hydrogen-bond donors (Lipinski definition) is 0. The highest BCUT2D eigenvalue weighted by atomic mass is 14.9. The maximum absolute atomic E-state index is 4.57. The maximum Gasteiger partial charge on any atom is 0.125 e. The Balaban J connectivity index is 2.97. The predicted molar refractivity (Wildman–Crippen MR) is 63.9 cm³/mol. The van der Waals surface area contributed by atoms with Gasteiger partial charge in [-0.1, -0.05) is 33.6 Å². The Morgan fingerprint density at radius 1 is 1.20 bits per heavy atom. The molecule has 0 saturated carbocycles. The highest BCUT2D eigenvalue weighted by Gasteiger charge is 2.26. The molecule has 0 unspecified atom stereocenters. The number of aryl methyl sites for hydroxylation is 1. The normalized spacial score (nSPS) is 11.7. The zero-order valence-corrected chi connectivity index (χ0v) is 10.4. The van der Waals surface area contributed by atoms with Crippen LogP contribution in [0.15, 0.2) is 12.3 Å². The van der Waals surface area contributed by atoms with Crippen molar-refractivity contribution in [3.63, 3.8) is 0 Å². The van der Waals surface area contributed by atoms with Crippen molar-refractivity contribution in [2.45, 2.75) is 58.8 Å². The van der Waals surface area contributed by atoms with Crippen molar-refractivity contribution in [1.29, 1.82) is 0 Å². The summed E-state index contributed by atoms with van der Waals surface area (Å²) >= 11 is 0. The quantitative estimate of drug-likeness (QED) is 0.735. The van der Waals surface area contributed by atoms with Gasteiger partial charge in [0.05, 0.1) is 0 Å². The summed E-state index contributed by atoms with van der Waals surface area (Å²) in [6.45, 7) is 8.76. The SMILES string of the molecule is CCCC(C)(CCC)c1ccnc(C)n1. The summed E-state index contributed by atoms with van der Waals surface area (Å²) in [5.41, 5.74) is 1.44. The summed E-state index contributed by atoms with van der Waals surface area (Å²) in [6, 6.07) is 2.07. The molecule has 0 N–H and O–H groups in total. The number of aromatic nitrogens is 2. The molecule has 0 atom stereocenters. The molecule has 0 aliphatic rings. The highest BCUT2D eigenvalue weighted by Crippen LogP contribution is 2.32. The monoisotopic (exact) mass is 206 g/mol. The standard InChI is InChI=1S/C13H22N2/c1-5-8-13(4,9-6-2)12-7-10-14-11(3)15-12/h7,10H,5-6,8-9H2,1-4H3. The van der Waals surface area contributed by atoms with Crippen molar-refractivity contribution in [3.8, 4) is 0 Å². The van der Waals surface area contributed by atoms with Gasteiger partial charge in [0.15, 0.2) is 0 Å². The van der Waals surface area contributed by atoms with Gasteiger partial charge in [-0.15, -0.1) is 0 Å². The lowest BCUT2D eigenvalue weighted by atomic mass is 9.78. The molecule has 1 aromatic heterocycles. The molecule has 0 aromatic carbocycles. The first-order valence-corrected chi connectivity index (χ1v) is 5.92. The Morgan fingerprint density at radius 3 is 2.27 bits per heavy atom. The molecule has 1 heterocycles. The van der Waals surface area contributed by atoms with Crippen molar-refractivity contribution < 1.29 is 0 Å². The average molecular weight is 206 g/mol. The average Bonchev–Trinajstić information content (AvgIpc) is 2.18. The first-order valence-electron chi connectivity index (χ1n) is 5.92. The molecule has 0 bridgehead atoms. The molecule has 0 aliphatic heterocycles. The van der Waals surface area contributed by atoms with Gasteiger partial charge >= 0.3 is 0 Å². The summed E-state index contributed by atoms with van der Waals surface area (Å²) in [5.74, 6) is 0.880. The Hall–Kier alpha value is -0.920. The number of nitrogens with zero attached hydrogens (tertiary/aromatic N) is 2. The third-order valence-corrected chi connectivity index (χ3v) is 3.00. The second-order valence-corrected chi connectivity index (χ2v) is 4.55. The predicted octanol–water partition coefficient (Wildman–Crippen LogP) is 3.64. The van der Waals surface area contributed by atoms with Gasteiger partial charge in [0.25, 0.3) is 0 Å². The van der Waals surface area contributed by atoms with Crippen LogP contribution in [0.25, 0.3) is 0 Å². The van der Waals surface area contributed by atoms with Crippen molar-refractivity contribution in [1.82, 2.24) is 9.97 Å². The maximum atomic E-state index is 4.57. The Bertz CT molecular complexity index is 301. The summed E-state index contributed by atoms with van der Waals surface area (Å²) in [4.78, 5) is 8.73. The van der Waals surface area contributed by atoms with Gasteiger partial charge in [-0.05, 0) is 25.8 Å². The first kappa shape index (κ1) is 12.2. The van der Waals surface area contributed by atoms with E-state index >= 15 is 0 Å². The van der Waals surface area contributed by atoms with Gasteiger partial charge in [0.2, 0.25) is 0 Å². The Labute approximate surface area is 93.2 Å². The van der Waals surface area contributed by atoms with E-state index in [1.54, 1.807) is 0 Å². The molecule has 2 heteroatoms. The van der Waals surface area contributed by atoms with Crippen LogP contribution in [0, 0.1) is 6.92 Å². The largest absolute Gasteiger partial charge is 0.242 e. The van der Waals surface area contributed by atoms with Crippen molar-refractivity contribution >= 4 is 0 Å². The van der Waals surface area contributed by atoms with E-state index in [-0.39, 0.29) is 5.41 Å². The van der Waals surface area contributed by atoms with Gasteiger partial charge in [-0.25, -0.2) is 9.97 Å². The molecule has 0 fully saturated rings. The molecule has 1 aromatic rings. The molecule has 2 nitrogen and oxygen atoms in total. The third kappa shape index (κ3) is 3.01. The Morgan fingerprint density at radius 2 is 1.80 bits per heavy atom. The second kappa shape index (κ2) is 5.24. The molecule has 0 spiro atoms. The minimum absolute atomic E-state index is 0.233. The number of hydrogen-bond acceptors (Lipinski definition) is 2. The van der Waals surface area contributed by atoms with E-state index in [9.17, 15) is 0 Å². The van der Waals surface area contributed by atoms with Gasteiger partial charge < -0.3 is 0 Å². The van der Waals surface area contributed by atoms with Crippen LogP contribution < -0.4 is 0 Å². The number of rotatable bonds is 5. The highest BCUT2D eigenvalue weighted by molar-refractivity contribution is 5.14. The third-order valence-electron chi connectivity index (χ3n) is 3.00. The van der Waals surface area contributed by atoms with Crippen LogP contribution in [0.4, 0.5) is 0 Å². The van der Waals surface area contributed by atoms with Crippen LogP contribution in [0.5, 0.6) is 0 Å². The van der Waals surface area contributed by atoms with Gasteiger partial charge in [0.1, 0.15) is 5.82 Å². The molecule has 0 radical (unpaired) electrons. The van der Waals surface area contributed by atoms with E-state index in [1.807, 2.05) is 13.1 Å². The van der Waals surface area contributed by atoms with E-state index in [4.69, 9.17) is 0 Å². The van der Waals surface area contributed by atoms with Crippen LogP contribution >= 0.6 is 0 Å². The fourth-order valence-corrected chi connectivity index (χ4v) is 2.28. The van der Waals surface area contributed by atoms with E-state index < -0.39 is 0 Å². The van der Waals surface area contributed by atoms with E-state index in [1.165, 1.54) is 31.4 Å². The zero-order chi connectivity index (χ0) is 11.3. The summed E-state index contributed by atoms with van der Waals surface area (Å²) in [6.07, 6.45) is 6.70. The van der Waals surface area contributed by atoms with Gasteiger partial charge in [-0.2, -0.15) is 0 Å². The van der Waals surface area contributed by atoms with Crippen LogP contribution in [0.2, 0.25) is 0 Å². The lowest BCUT2D eigenvalue weighted by Crippen LogP contribution is -2.23. The van der Waals surface area contributed by atoms with Crippen LogP contribution in [-0.2, 0) is 5.41 Å². The zero-order valence-electron chi connectivity index (χ0n) is 10.4. The summed E-state index contributed by atoms with van der Waals surface area (Å²) in [5, 5.41) is 0. The molecular weight excluding hydrogens is 184 g/mol. The molecular formula is C13H22N2. The topological polar surface area (TPSA) is 25.8 Å². The molecule has 84 valence electrons. The van der Waals surface area contributed by atoms with Crippen molar-refractivity contribution in [2.24, 2.45) is 0 Å². The fourth-order valence-electron chi connectivity index (χ4n) is 2.28. The molecule has 0 saturated heterocycles. The summed E-state index contributed by atoms with van der Waals surface area (Å²) < 4.78 is 0. The Kier molecular flexibility index (Phi) is 4.25. The van der Waals surface area contributed by atoms with Crippen LogP contribution in [-0.4, -0.2) is 9.97 Å². The van der Waals surface area contributed by atoms with Crippen LogP contribution in [0.3, 0.4) is 0 Å². The van der Waals surface area contributed by atoms with E-state index in [2.05, 4.69) is 36.8 Å². The molecule has 0 amide bonds. The van der Waals surface area contributed by atoms with Crippen molar-refractivity contribution in [3.05, 3.63) is 23.8 Å². The van der Waals surface area contributed by atoms with Gasteiger partial charge in [0, 0.05) is 17.3 Å².